The van der Waals surface area contributed by atoms with Crippen LogP contribution in [0.1, 0.15) is 30.9 Å². The number of hydrogen-bond donors (Lipinski definition) is 3. The summed E-state index contributed by atoms with van der Waals surface area (Å²) in [5.74, 6) is 0.117. The monoisotopic (exact) mass is 279 g/mol. The summed E-state index contributed by atoms with van der Waals surface area (Å²) >= 11 is 0. The summed E-state index contributed by atoms with van der Waals surface area (Å²) in [5.41, 5.74) is 6.29. The summed E-state index contributed by atoms with van der Waals surface area (Å²) in [6.45, 7) is 3.82. The van der Waals surface area contributed by atoms with Crippen molar-refractivity contribution in [1.29, 1.82) is 0 Å². The van der Waals surface area contributed by atoms with Gasteiger partial charge < -0.3 is 16.2 Å². The van der Waals surface area contributed by atoms with E-state index in [4.69, 9.17) is 5.73 Å². The number of rotatable bonds is 4. The molecule has 1 aliphatic carbocycles. The van der Waals surface area contributed by atoms with Gasteiger partial charge in [0.1, 0.15) is 17.3 Å². The lowest BCUT2D eigenvalue weighted by atomic mass is 9.97. The lowest BCUT2D eigenvalue weighted by Gasteiger charge is -2.35. The zero-order valence-corrected chi connectivity index (χ0v) is 11.6. The number of aromatic hydroxyl groups is 1. The Kier molecular flexibility index (Phi) is 3.81. The van der Waals surface area contributed by atoms with Crippen LogP contribution in [0.4, 0.5) is 10.1 Å². The number of benzene rings is 1. The second kappa shape index (κ2) is 5.58. The molecule has 1 heterocycles. The second-order valence-electron chi connectivity index (χ2n) is 5.88. The van der Waals surface area contributed by atoms with Crippen LogP contribution in [-0.4, -0.2) is 36.2 Å². The van der Waals surface area contributed by atoms with Gasteiger partial charge in [-0.15, -0.1) is 0 Å². The number of nitrogens with one attached hydrogen (secondary N) is 1. The molecule has 1 aromatic carbocycles. The Bertz CT molecular complexity index is 484. The van der Waals surface area contributed by atoms with E-state index in [1.807, 2.05) is 0 Å². The maximum Gasteiger partial charge on any atom is 0.149 e. The Morgan fingerprint density at radius 2 is 2.05 bits per heavy atom. The fraction of sp³-hybridized carbons (Fsp3) is 0.600. The third kappa shape index (κ3) is 2.74. The quantitative estimate of drug-likeness (QED) is 0.581. The van der Waals surface area contributed by atoms with Crippen molar-refractivity contribution >= 4 is 5.69 Å². The molecule has 4 N–H and O–H groups in total. The molecule has 0 spiro atoms. The molecule has 0 unspecified atom stereocenters. The lowest BCUT2D eigenvalue weighted by Crippen LogP contribution is -2.45. The Hall–Kier alpha value is -1.33. The normalized spacial score (nSPS) is 21.9. The smallest absolute Gasteiger partial charge is 0.149 e. The molecule has 0 amide bonds. The molecule has 5 heteroatoms. The first-order valence-electron chi connectivity index (χ1n) is 7.38. The number of anilines is 1. The Morgan fingerprint density at radius 1 is 1.35 bits per heavy atom. The summed E-state index contributed by atoms with van der Waals surface area (Å²) in [5, 5.41) is 13.5. The van der Waals surface area contributed by atoms with Crippen molar-refractivity contribution in [2.75, 3.05) is 31.9 Å². The first-order chi connectivity index (χ1) is 9.66. The summed E-state index contributed by atoms with van der Waals surface area (Å²) in [6, 6.07) is 3.20. The average Bonchev–Trinajstić information content (AvgIpc) is 3.28. The van der Waals surface area contributed by atoms with E-state index in [1.165, 1.54) is 18.9 Å². The Morgan fingerprint density at radius 3 is 2.70 bits per heavy atom. The van der Waals surface area contributed by atoms with Gasteiger partial charge in [-0.1, -0.05) is 18.9 Å². The van der Waals surface area contributed by atoms with Crippen molar-refractivity contribution in [3.05, 3.63) is 23.5 Å². The van der Waals surface area contributed by atoms with Crippen molar-refractivity contribution in [3.63, 3.8) is 0 Å². The number of phenols is 1. The third-order valence-corrected chi connectivity index (χ3v) is 4.40. The van der Waals surface area contributed by atoms with Gasteiger partial charge in [-0.2, -0.15) is 0 Å². The van der Waals surface area contributed by atoms with Gasteiger partial charge in [-0.25, -0.2) is 4.39 Å². The van der Waals surface area contributed by atoms with Crippen molar-refractivity contribution in [1.82, 2.24) is 10.2 Å². The molecule has 110 valence electrons. The molecule has 3 rings (SSSR count). The zero-order valence-electron chi connectivity index (χ0n) is 11.6. The number of halogens is 1. The van der Waals surface area contributed by atoms with Crippen LogP contribution < -0.4 is 11.1 Å². The summed E-state index contributed by atoms with van der Waals surface area (Å²) in [4.78, 5) is 2.38. The maximum absolute atomic E-state index is 13.4. The van der Waals surface area contributed by atoms with Gasteiger partial charge in [0.25, 0.3) is 0 Å². The molecule has 0 bridgehead atoms. The minimum absolute atomic E-state index is 0.0748. The molecule has 1 saturated carbocycles. The zero-order chi connectivity index (χ0) is 14.1. The fourth-order valence-corrected chi connectivity index (χ4v) is 3.00. The topological polar surface area (TPSA) is 61.5 Å². The number of nitrogen functional groups attached to an aromatic ring is 1. The lowest BCUT2D eigenvalue weighted by molar-refractivity contribution is 0.158. The molecular formula is C15H22FN3O. The number of nitrogens with two attached hydrogens (primary N) is 1. The number of hydrogen-bond acceptors (Lipinski definition) is 4. The van der Waals surface area contributed by atoms with E-state index < -0.39 is 5.82 Å². The van der Waals surface area contributed by atoms with E-state index >= 15 is 0 Å². The van der Waals surface area contributed by atoms with Crippen LogP contribution in [0.2, 0.25) is 0 Å². The number of piperazine rings is 1. The van der Waals surface area contributed by atoms with Gasteiger partial charge in [0, 0.05) is 37.8 Å². The van der Waals surface area contributed by atoms with Crippen LogP contribution in [-0.2, 0) is 0 Å². The van der Waals surface area contributed by atoms with E-state index in [-0.39, 0.29) is 17.5 Å². The molecule has 1 saturated heterocycles. The van der Waals surface area contributed by atoms with Crippen molar-refractivity contribution in [3.8, 4) is 5.75 Å². The molecule has 0 aromatic heterocycles. The van der Waals surface area contributed by atoms with Crippen LogP contribution in [0.3, 0.4) is 0 Å². The highest BCUT2D eigenvalue weighted by molar-refractivity contribution is 5.57. The molecule has 4 nitrogen and oxygen atoms in total. The molecule has 1 aromatic rings. The van der Waals surface area contributed by atoms with Crippen molar-refractivity contribution < 1.29 is 9.50 Å². The first-order valence-corrected chi connectivity index (χ1v) is 7.38. The van der Waals surface area contributed by atoms with Gasteiger partial charge in [0.05, 0.1) is 0 Å². The van der Waals surface area contributed by atoms with Crippen LogP contribution in [0, 0.1) is 11.7 Å². The fourth-order valence-electron chi connectivity index (χ4n) is 3.00. The summed E-state index contributed by atoms with van der Waals surface area (Å²) < 4.78 is 13.4. The molecule has 1 aliphatic heterocycles. The van der Waals surface area contributed by atoms with E-state index in [0.717, 1.165) is 44.1 Å². The van der Waals surface area contributed by atoms with Gasteiger partial charge in [-0.05, 0) is 18.4 Å². The highest BCUT2D eigenvalue weighted by Gasteiger charge is 2.32. The average molecular weight is 279 g/mol. The predicted molar refractivity (Wildman–Crippen MR) is 77.0 cm³/mol. The van der Waals surface area contributed by atoms with E-state index in [1.54, 1.807) is 6.07 Å². The molecular weight excluding hydrogens is 257 g/mol. The van der Waals surface area contributed by atoms with Gasteiger partial charge in [0.2, 0.25) is 0 Å². The van der Waals surface area contributed by atoms with E-state index in [0.29, 0.717) is 0 Å². The minimum Gasteiger partial charge on any atom is -0.505 e. The number of nitrogens with zero attached hydrogens (tertiary/aromatic N) is 1. The van der Waals surface area contributed by atoms with E-state index in [2.05, 4.69) is 10.2 Å². The number of phenolic OH excluding ortho intramolecular Hbond substituents is 1. The van der Waals surface area contributed by atoms with Crippen molar-refractivity contribution in [2.45, 2.75) is 25.3 Å². The second-order valence-corrected chi connectivity index (χ2v) is 5.88. The predicted octanol–water partition coefficient (Wildman–Crippen LogP) is 1.86. The van der Waals surface area contributed by atoms with Gasteiger partial charge in [-0.3, -0.25) is 4.90 Å². The molecule has 2 aliphatic rings. The van der Waals surface area contributed by atoms with Crippen LogP contribution in [0.15, 0.2) is 12.1 Å². The summed E-state index contributed by atoms with van der Waals surface area (Å²) in [6.07, 6.45) is 3.55. The van der Waals surface area contributed by atoms with E-state index in [9.17, 15) is 9.50 Å². The molecule has 0 radical (unpaired) electrons. The maximum atomic E-state index is 13.4. The SMILES string of the molecule is Nc1c(F)ccc([C@@H](CC2CC2)N2CCNCC2)c1O. The highest BCUT2D eigenvalue weighted by Crippen LogP contribution is 2.43. The molecule has 2 fully saturated rings. The molecule has 20 heavy (non-hydrogen) atoms. The van der Waals surface area contributed by atoms with Gasteiger partial charge in [0.15, 0.2) is 0 Å². The van der Waals surface area contributed by atoms with Crippen LogP contribution in [0.5, 0.6) is 5.75 Å². The van der Waals surface area contributed by atoms with Crippen LogP contribution >= 0.6 is 0 Å². The first kappa shape index (κ1) is 13.6. The summed E-state index contributed by atoms with van der Waals surface area (Å²) in [7, 11) is 0. The third-order valence-electron chi connectivity index (χ3n) is 4.40. The largest absolute Gasteiger partial charge is 0.505 e. The van der Waals surface area contributed by atoms with Gasteiger partial charge >= 0.3 is 0 Å². The highest BCUT2D eigenvalue weighted by atomic mass is 19.1. The Balaban J connectivity index is 1.89. The Labute approximate surface area is 118 Å². The standard InChI is InChI=1S/C15H22FN3O/c16-12-4-3-11(15(20)14(12)17)13(9-10-1-2-10)19-7-5-18-6-8-19/h3-4,10,13,18,20H,1-2,5-9,17H2/t13-/m1/s1. The van der Waals surface area contributed by atoms with Crippen molar-refractivity contribution in [2.24, 2.45) is 5.92 Å². The van der Waals surface area contributed by atoms with Crippen LogP contribution in [0.25, 0.3) is 0 Å². The molecule has 1 atom stereocenters. The minimum atomic E-state index is -0.545.